The van der Waals surface area contributed by atoms with Crippen molar-refractivity contribution in [3.8, 4) is 5.88 Å². The number of carbonyl (C=O) groups is 1. The van der Waals surface area contributed by atoms with Gasteiger partial charge in [0.05, 0.1) is 12.2 Å². The van der Waals surface area contributed by atoms with Crippen LogP contribution in [0.1, 0.15) is 45.4 Å². The molecule has 0 saturated heterocycles. The number of halogens is 2. The van der Waals surface area contributed by atoms with Crippen LogP contribution >= 0.6 is 0 Å². The molecule has 1 aromatic heterocycles. The van der Waals surface area contributed by atoms with Gasteiger partial charge >= 0.3 is 5.92 Å². The number of nitrogens with one attached hydrogen (secondary N) is 2. The molecule has 3 unspecified atom stereocenters. The van der Waals surface area contributed by atoms with Gasteiger partial charge in [-0.3, -0.25) is 4.79 Å². The topological polar surface area (TPSA) is 128 Å². The van der Waals surface area contributed by atoms with Gasteiger partial charge in [0.1, 0.15) is 0 Å². The molecule has 3 rings (SSSR count). The molecule has 10 heteroatoms. The van der Waals surface area contributed by atoms with Gasteiger partial charge in [-0.05, 0) is 25.3 Å². The number of alkyl halides is 2. The Hall–Kier alpha value is -2.75. The summed E-state index contributed by atoms with van der Waals surface area (Å²) in [6, 6.07) is 2.73. The quantitative estimate of drug-likeness (QED) is 0.463. The van der Waals surface area contributed by atoms with Gasteiger partial charge in [0, 0.05) is 36.1 Å². The highest BCUT2D eigenvalue weighted by molar-refractivity contribution is 6.00. The summed E-state index contributed by atoms with van der Waals surface area (Å²) in [4.78, 5) is 20.1. The maximum atomic E-state index is 14.7. The Morgan fingerprint density at radius 2 is 2.10 bits per heavy atom. The number of aliphatic imine (C=N–C) groups is 1. The van der Waals surface area contributed by atoms with Gasteiger partial charge in [-0.2, -0.15) is 8.78 Å². The molecule has 3 atom stereocenters. The molecule has 1 amide bonds. The summed E-state index contributed by atoms with van der Waals surface area (Å²) in [7, 11) is 0. The number of amides is 1. The lowest BCUT2D eigenvalue weighted by molar-refractivity contribution is -0.114. The smallest absolute Gasteiger partial charge is 0.323 e. The van der Waals surface area contributed by atoms with Gasteiger partial charge in [0.15, 0.2) is 12.0 Å². The molecule has 1 fully saturated rings. The van der Waals surface area contributed by atoms with E-state index in [-0.39, 0.29) is 17.7 Å². The molecule has 0 aromatic carbocycles. The lowest BCUT2D eigenvalue weighted by Gasteiger charge is -2.34. The molecule has 170 valence electrons. The van der Waals surface area contributed by atoms with E-state index in [0.29, 0.717) is 30.7 Å². The third kappa shape index (κ3) is 5.90. The van der Waals surface area contributed by atoms with Crippen LogP contribution in [0.4, 0.5) is 14.5 Å². The number of aromatic nitrogens is 1. The van der Waals surface area contributed by atoms with Crippen molar-refractivity contribution in [2.75, 3.05) is 11.9 Å². The van der Waals surface area contributed by atoms with E-state index in [4.69, 9.17) is 16.2 Å². The molecule has 2 heterocycles. The number of nitrogens with zero attached hydrogens (tertiary/aromatic N) is 2. The number of rotatable bonds is 8. The van der Waals surface area contributed by atoms with Crippen molar-refractivity contribution in [1.82, 2.24) is 10.3 Å². The van der Waals surface area contributed by atoms with Gasteiger partial charge in [-0.1, -0.05) is 26.2 Å². The summed E-state index contributed by atoms with van der Waals surface area (Å²) in [5.74, 6) is -4.56. The summed E-state index contributed by atoms with van der Waals surface area (Å²) in [6.45, 7) is 2.57. The third-order valence-electron chi connectivity index (χ3n) is 5.42. The lowest BCUT2D eigenvalue weighted by Crippen LogP contribution is -2.55. The number of nitrogens with two attached hydrogens (primary N) is 2. The molecule has 1 aliphatic carbocycles. The van der Waals surface area contributed by atoms with Crippen molar-refractivity contribution in [2.45, 2.75) is 69.6 Å². The van der Waals surface area contributed by atoms with Crippen LogP contribution in [0.5, 0.6) is 5.88 Å². The predicted octanol–water partition coefficient (Wildman–Crippen LogP) is 2.32. The van der Waals surface area contributed by atoms with Crippen molar-refractivity contribution >= 4 is 17.4 Å². The van der Waals surface area contributed by atoms with Gasteiger partial charge in [-0.25, -0.2) is 9.98 Å². The highest BCUT2D eigenvalue weighted by Crippen LogP contribution is 2.29. The van der Waals surface area contributed by atoms with Crippen molar-refractivity contribution in [1.29, 1.82) is 0 Å². The number of hydrogen-bond donors (Lipinski definition) is 4. The zero-order valence-corrected chi connectivity index (χ0v) is 17.6. The minimum atomic E-state index is -3.45. The van der Waals surface area contributed by atoms with Gasteiger partial charge < -0.3 is 26.8 Å². The average molecular weight is 437 g/mol. The molecule has 6 N–H and O–H groups in total. The summed E-state index contributed by atoms with van der Waals surface area (Å²) >= 11 is 0. The minimum absolute atomic E-state index is 0.233. The van der Waals surface area contributed by atoms with E-state index < -0.39 is 23.8 Å². The SMILES string of the molecule is CCCCOc1cc(NC2N=C(NC3CCCCC3N)C(F)(F)C=C2C(N)=O)ccn1. The van der Waals surface area contributed by atoms with Crippen molar-refractivity contribution in [2.24, 2.45) is 16.5 Å². The van der Waals surface area contributed by atoms with Crippen LogP contribution in [-0.2, 0) is 4.79 Å². The second-order valence-corrected chi connectivity index (χ2v) is 7.90. The fourth-order valence-electron chi connectivity index (χ4n) is 3.65. The Labute approximate surface area is 180 Å². The molecular formula is C21H30F2N6O2. The molecule has 2 aliphatic rings. The Bertz CT molecular complexity index is 845. The first-order valence-electron chi connectivity index (χ1n) is 10.7. The van der Waals surface area contributed by atoms with Gasteiger partial charge in [0.25, 0.3) is 0 Å². The van der Waals surface area contributed by atoms with Crippen LogP contribution in [0, 0.1) is 0 Å². The predicted molar refractivity (Wildman–Crippen MR) is 115 cm³/mol. The highest BCUT2D eigenvalue weighted by atomic mass is 19.3. The van der Waals surface area contributed by atoms with Gasteiger partial charge in [-0.15, -0.1) is 0 Å². The monoisotopic (exact) mass is 436 g/mol. The number of pyridine rings is 1. The fraction of sp³-hybridized carbons (Fsp3) is 0.571. The zero-order chi connectivity index (χ0) is 22.4. The Morgan fingerprint density at radius 3 is 2.81 bits per heavy atom. The van der Waals surface area contributed by atoms with Crippen molar-refractivity contribution in [3.05, 3.63) is 30.0 Å². The van der Waals surface area contributed by atoms with Crippen LogP contribution in [0.3, 0.4) is 0 Å². The highest BCUT2D eigenvalue weighted by Gasteiger charge is 2.42. The number of ether oxygens (including phenoxy) is 1. The van der Waals surface area contributed by atoms with Crippen LogP contribution in [0.25, 0.3) is 0 Å². The first-order chi connectivity index (χ1) is 14.8. The summed E-state index contributed by atoms with van der Waals surface area (Å²) in [6.07, 6.45) is 6.21. The molecule has 31 heavy (non-hydrogen) atoms. The second kappa shape index (κ2) is 10.0. The minimum Gasteiger partial charge on any atom is -0.478 e. The average Bonchev–Trinajstić information content (AvgIpc) is 2.72. The first kappa shape index (κ1) is 22.9. The maximum absolute atomic E-state index is 14.7. The molecular weight excluding hydrogens is 406 g/mol. The molecule has 0 bridgehead atoms. The Morgan fingerprint density at radius 1 is 1.32 bits per heavy atom. The largest absolute Gasteiger partial charge is 0.478 e. The number of unbranched alkanes of at least 4 members (excludes halogenated alkanes) is 1. The summed E-state index contributed by atoms with van der Waals surface area (Å²) in [5, 5.41) is 5.80. The molecule has 1 aliphatic heterocycles. The number of dihydropyridines is 1. The van der Waals surface area contributed by atoms with Gasteiger partial charge in [0.2, 0.25) is 11.8 Å². The normalized spacial score (nSPS) is 25.2. The summed E-state index contributed by atoms with van der Waals surface area (Å²) < 4.78 is 35.0. The van der Waals surface area contributed by atoms with E-state index in [1.807, 2.05) is 0 Å². The maximum Gasteiger partial charge on any atom is 0.323 e. The second-order valence-electron chi connectivity index (χ2n) is 7.90. The van der Waals surface area contributed by atoms with Crippen molar-refractivity contribution in [3.63, 3.8) is 0 Å². The van der Waals surface area contributed by atoms with Crippen LogP contribution in [0.2, 0.25) is 0 Å². The van der Waals surface area contributed by atoms with Crippen molar-refractivity contribution < 1.29 is 18.3 Å². The Kier molecular flexibility index (Phi) is 7.42. The lowest BCUT2D eigenvalue weighted by atomic mass is 9.90. The van der Waals surface area contributed by atoms with E-state index in [1.165, 1.54) is 6.20 Å². The van der Waals surface area contributed by atoms with E-state index >= 15 is 0 Å². The molecule has 8 nitrogen and oxygen atoms in total. The number of carbonyl (C=O) groups excluding carboxylic acids is 1. The third-order valence-corrected chi connectivity index (χ3v) is 5.42. The summed E-state index contributed by atoms with van der Waals surface area (Å²) in [5.41, 5.74) is 11.7. The van der Waals surface area contributed by atoms with E-state index in [2.05, 4.69) is 27.5 Å². The van der Waals surface area contributed by atoms with Crippen LogP contribution in [-0.4, -0.2) is 47.5 Å². The molecule has 1 saturated carbocycles. The number of anilines is 1. The molecule has 1 aromatic rings. The number of primary amides is 1. The van der Waals surface area contributed by atoms with Crippen LogP contribution in [0.15, 0.2) is 35.0 Å². The fourth-order valence-corrected chi connectivity index (χ4v) is 3.65. The van der Waals surface area contributed by atoms with E-state index in [0.717, 1.165) is 32.1 Å². The molecule has 0 spiro atoms. The number of hydrogen-bond acceptors (Lipinski definition) is 7. The Balaban J connectivity index is 1.81. The molecule has 0 radical (unpaired) electrons. The van der Waals surface area contributed by atoms with E-state index in [9.17, 15) is 13.6 Å². The number of amidine groups is 1. The first-order valence-corrected chi connectivity index (χ1v) is 10.7. The van der Waals surface area contributed by atoms with E-state index in [1.54, 1.807) is 12.1 Å². The van der Waals surface area contributed by atoms with Crippen LogP contribution < -0.4 is 26.8 Å². The zero-order valence-electron chi connectivity index (χ0n) is 17.6. The standard InChI is InChI=1S/C21H30F2N6O2/c1-2-3-10-31-17-11-13(8-9-26-17)27-19-14(18(25)30)12-21(22,23)20(29-19)28-16-7-5-4-6-15(16)24/h8-9,11-12,15-16,19H,2-7,10,24H2,1H3,(H2,25,30)(H,26,27)(H,28,29).